The average molecular weight is 287 g/mol. The highest BCUT2D eigenvalue weighted by Gasteiger charge is 2.08. The highest BCUT2D eigenvalue weighted by Crippen LogP contribution is 2.19. The predicted octanol–water partition coefficient (Wildman–Crippen LogP) is 3.41. The summed E-state index contributed by atoms with van der Waals surface area (Å²) in [6.07, 6.45) is 2.55. The van der Waals surface area contributed by atoms with E-state index in [0.717, 1.165) is 17.2 Å². The number of carbonyl (C=O) groups excluding carboxylic acids is 1. The first-order chi connectivity index (χ1) is 9.56. The summed E-state index contributed by atoms with van der Waals surface area (Å²) in [5, 5.41) is 15.1. The third-order valence-corrected chi connectivity index (χ3v) is 3.39. The molecular formula is C15H13NO3S. The van der Waals surface area contributed by atoms with Crippen LogP contribution in [0.2, 0.25) is 0 Å². The minimum Gasteiger partial charge on any atom is -0.478 e. The fourth-order valence-corrected chi connectivity index (χ4v) is 2.27. The second-order valence-corrected chi connectivity index (χ2v) is 4.99. The Morgan fingerprint density at radius 3 is 2.75 bits per heavy atom. The summed E-state index contributed by atoms with van der Waals surface area (Å²) < 4.78 is 0. The number of carboxylic acid groups (broad SMARTS) is 1. The Hall–Kier alpha value is -2.40. The average Bonchev–Trinajstić information content (AvgIpc) is 2.93. The molecule has 0 radical (unpaired) electrons. The Balaban J connectivity index is 2.20. The fourth-order valence-electron chi connectivity index (χ4n) is 1.63. The van der Waals surface area contributed by atoms with Crippen molar-refractivity contribution in [1.29, 1.82) is 0 Å². The van der Waals surface area contributed by atoms with Crippen LogP contribution in [0, 0.1) is 6.92 Å². The Bertz CT molecular complexity index is 660. The summed E-state index contributed by atoms with van der Waals surface area (Å²) in [7, 11) is 0. The molecule has 0 saturated heterocycles. The van der Waals surface area contributed by atoms with Crippen LogP contribution in [0.5, 0.6) is 0 Å². The van der Waals surface area contributed by atoms with Crippen molar-refractivity contribution in [2.24, 2.45) is 0 Å². The molecule has 20 heavy (non-hydrogen) atoms. The van der Waals surface area contributed by atoms with E-state index in [9.17, 15) is 9.59 Å². The number of rotatable bonds is 4. The summed E-state index contributed by atoms with van der Waals surface area (Å²) in [6, 6.07) is 7.14. The van der Waals surface area contributed by atoms with Gasteiger partial charge in [0.25, 0.3) is 5.91 Å². The number of anilines is 1. The number of benzene rings is 1. The Morgan fingerprint density at radius 2 is 2.10 bits per heavy atom. The molecular weight excluding hydrogens is 274 g/mol. The van der Waals surface area contributed by atoms with E-state index in [1.54, 1.807) is 23.6 Å². The van der Waals surface area contributed by atoms with Crippen molar-refractivity contribution >= 4 is 35.0 Å². The summed E-state index contributed by atoms with van der Waals surface area (Å²) in [6.45, 7) is 1.88. The van der Waals surface area contributed by atoms with Crippen molar-refractivity contribution in [3.8, 4) is 0 Å². The molecule has 0 saturated carbocycles. The zero-order chi connectivity index (χ0) is 14.5. The molecule has 1 heterocycles. The van der Waals surface area contributed by atoms with Crippen LogP contribution in [0.15, 0.2) is 41.1 Å². The second kappa shape index (κ2) is 6.16. The van der Waals surface area contributed by atoms with Gasteiger partial charge in [-0.3, -0.25) is 4.79 Å². The third kappa shape index (κ3) is 3.55. The molecule has 102 valence electrons. The molecule has 0 spiro atoms. The molecule has 0 bridgehead atoms. The monoisotopic (exact) mass is 287 g/mol. The number of thiophene rings is 1. The van der Waals surface area contributed by atoms with Gasteiger partial charge in [-0.2, -0.15) is 11.3 Å². The van der Waals surface area contributed by atoms with Crippen LogP contribution >= 0.6 is 11.3 Å². The fraction of sp³-hybridized carbons (Fsp3) is 0.0667. The Kier molecular flexibility index (Phi) is 4.32. The van der Waals surface area contributed by atoms with Crippen LogP contribution in [0.25, 0.3) is 6.08 Å². The quantitative estimate of drug-likeness (QED) is 0.847. The SMILES string of the molecule is Cc1ccc(C=CC(=O)O)cc1NC(=O)c1ccsc1. The zero-order valence-electron chi connectivity index (χ0n) is 10.8. The van der Waals surface area contributed by atoms with Gasteiger partial charge in [0, 0.05) is 17.1 Å². The van der Waals surface area contributed by atoms with E-state index in [4.69, 9.17) is 5.11 Å². The van der Waals surface area contributed by atoms with Crippen LogP contribution < -0.4 is 5.32 Å². The minimum absolute atomic E-state index is 0.172. The number of hydrogen-bond acceptors (Lipinski definition) is 3. The van der Waals surface area contributed by atoms with Gasteiger partial charge in [0.05, 0.1) is 5.56 Å². The highest BCUT2D eigenvalue weighted by atomic mass is 32.1. The molecule has 0 atom stereocenters. The highest BCUT2D eigenvalue weighted by molar-refractivity contribution is 7.08. The maximum Gasteiger partial charge on any atom is 0.328 e. The van der Waals surface area contributed by atoms with Gasteiger partial charge in [-0.05, 0) is 41.6 Å². The molecule has 4 nitrogen and oxygen atoms in total. The van der Waals surface area contributed by atoms with E-state index < -0.39 is 5.97 Å². The molecule has 5 heteroatoms. The molecule has 1 aromatic heterocycles. The molecule has 0 aliphatic carbocycles. The van der Waals surface area contributed by atoms with E-state index in [2.05, 4.69) is 5.32 Å². The smallest absolute Gasteiger partial charge is 0.328 e. The van der Waals surface area contributed by atoms with E-state index in [0.29, 0.717) is 11.3 Å². The van der Waals surface area contributed by atoms with Crippen molar-refractivity contribution in [3.05, 3.63) is 57.8 Å². The molecule has 0 fully saturated rings. The van der Waals surface area contributed by atoms with Crippen molar-refractivity contribution in [2.45, 2.75) is 6.92 Å². The van der Waals surface area contributed by atoms with Gasteiger partial charge in [-0.1, -0.05) is 12.1 Å². The number of aryl methyl sites for hydroxylation is 1. The first-order valence-corrected chi connectivity index (χ1v) is 6.86. The Labute approximate surface area is 120 Å². The normalized spacial score (nSPS) is 10.7. The number of carbonyl (C=O) groups is 2. The maximum atomic E-state index is 12.0. The van der Waals surface area contributed by atoms with Gasteiger partial charge in [0.2, 0.25) is 0 Å². The summed E-state index contributed by atoms with van der Waals surface area (Å²) in [5.41, 5.74) is 2.93. The van der Waals surface area contributed by atoms with Gasteiger partial charge >= 0.3 is 5.97 Å². The first-order valence-electron chi connectivity index (χ1n) is 5.91. The second-order valence-electron chi connectivity index (χ2n) is 4.21. The molecule has 1 amide bonds. The lowest BCUT2D eigenvalue weighted by atomic mass is 10.1. The van der Waals surface area contributed by atoms with Crippen LogP contribution in [0.4, 0.5) is 5.69 Å². The number of amides is 1. The number of carboxylic acids is 1. The molecule has 0 aliphatic rings. The topological polar surface area (TPSA) is 66.4 Å². The molecule has 2 aromatic rings. The van der Waals surface area contributed by atoms with Crippen LogP contribution in [0.3, 0.4) is 0 Å². The van der Waals surface area contributed by atoms with E-state index in [-0.39, 0.29) is 5.91 Å². The number of hydrogen-bond donors (Lipinski definition) is 2. The van der Waals surface area contributed by atoms with Crippen LogP contribution in [0.1, 0.15) is 21.5 Å². The lowest BCUT2D eigenvalue weighted by molar-refractivity contribution is -0.131. The number of aliphatic carboxylic acids is 1. The molecule has 2 rings (SSSR count). The standard InChI is InChI=1S/C15H13NO3S/c1-10-2-3-11(4-5-14(17)18)8-13(10)16-15(19)12-6-7-20-9-12/h2-9H,1H3,(H,16,19)(H,17,18). The van der Waals surface area contributed by atoms with Gasteiger partial charge < -0.3 is 10.4 Å². The summed E-state index contributed by atoms with van der Waals surface area (Å²) in [5.74, 6) is -1.18. The first kappa shape index (κ1) is 14.0. The maximum absolute atomic E-state index is 12.0. The molecule has 0 unspecified atom stereocenters. The van der Waals surface area contributed by atoms with Crippen molar-refractivity contribution < 1.29 is 14.7 Å². The van der Waals surface area contributed by atoms with Crippen molar-refractivity contribution in [3.63, 3.8) is 0 Å². The lowest BCUT2D eigenvalue weighted by Crippen LogP contribution is -2.11. The summed E-state index contributed by atoms with van der Waals surface area (Å²) >= 11 is 1.46. The van der Waals surface area contributed by atoms with E-state index >= 15 is 0 Å². The molecule has 2 N–H and O–H groups in total. The number of nitrogens with one attached hydrogen (secondary N) is 1. The van der Waals surface area contributed by atoms with Crippen molar-refractivity contribution in [1.82, 2.24) is 0 Å². The van der Waals surface area contributed by atoms with Crippen LogP contribution in [-0.2, 0) is 4.79 Å². The zero-order valence-corrected chi connectivity index (χ0v) is 11.6. The van der Waals surface area contributed by atoms with Gasteiger partial charge in [-0.25, -0.2) is 4.79 Å². The molecule has 0 aliphatic heterocycles. The van der Waals surface area contributed by atoms with Crippen LogP contribution in [-0.4, -0.2) is 17.0 Å². The van der Waals surface area contributed by atoms with Gasteiger partial charge in [-0.15, -0.1) is 0 Å². The van der Waals surface area contributed by atoms with Crippen molar-refractivity contribution in [2.75, 3.05) is 5.32 Å². The third-order valence-electron chi connectivity index (χ3n) is 2.71. The van der Waals surface area contributed by atoms with Gasteiger partial charge in [0.1, 0.15) is 0 Å². The summed E-state index contributed by atoms with van der Waals surface area (Å²) in [4.78, 5) is 22.5. The Morgan fingerprint density at radius 1 is 1.30 bits per heavy atom. The largest absolute Gasteiger partial charge is 0.478 e. The lowest BCUT2D eigenvalue weighted by Gasteiger charge is -2.08. The minimum atomic E-state index is -1.01. The van der Waals surface area contributed by atoms with E-state index in [1.807, 2.05) is 18.4 Å². The van der Waals surface area contributed by atoms with Gasteiger partial charge in [0.15, 0.2) is 0 Å². The molecule has 1 aromatic carbocycles. The van der Waals surface area contributed by atoms with E-state index in [1.165, 1.54) is 17.4 Å². The predicted molar refractivity (Wildman–Crippen MR) is 80.1 cm³/mol.